The topological polar surface area (TPSA) is 110 Å². The average Bonchev–Trinajstić information content (AvgIpc) is 3.40. The zero-order valence-corrected chi connectivity index (χ0v) is 18.5. The van der Waals surface area contributed by atoms with E-state index in [1.807, 2.05) is 0 Å². The van der Waals surface area contributed by atoms with Crippen LogP contribution in [-0.2, 0) is 27.7 Å². The van der Waals surface area contributed by atoms with Gasteiger partial charge in [-0.1, -0.05) is 13.0 Å². The summed E-state index contributed by atoms with van der Waals surface area (Å²) in [5.41, 5.74) is 6.94. The summed E-state index contributed by atoms with van der Waals surface area (Å²) in [6, 6.07) is 2.44. The lowest BCUT2D eigenvalue weighted by molar-refractivity contribution is -0.119. The molecule has 0 radical (unpaired) electrons. The molecule has 1 fully saturated rings. The number of thiophene rings is 2. The molecule has 3 N–H and O–H groups in total. The molecule has 0 saturated carbocycles. The number of nitrogens with zero attached hydrogens (tertiary/aromatic N) is 1. The van der Waals surface area contributed by atoms with Gasteiger partial charge in [-0.25, -0.2) is 8.42 Å². The zero-order chi connectivity index (χ0) is 20.8. The van der Waals surface area contributed by atoms with E-state index in [2.05, 4.69) is 12.2 Å². The summed E-state index contributed by atoms with van der Waals surface area (Å²) in [5.74, 6) is -0.440. The van der Waals surface area contributed by atoms with E-state index in [1.165, 1.54) is 15.6 Å². The molecule has 0 bridgehead atoms. The fraction of sp³-hybridized carbons (Fsp3) is 0.474. The van der Waals surface area contributed by atoms with Crippen LogP contribution >= 0.6 is 22.7 Å². The summed E-state index contributed by atoms with van der Waals surface area (Å²) in [5, 5.41) is 4.98. The van der Waals surface area contributed by atoms with Gasteiger partial charge in [-0.05, 0) is 55.0 Å². The summed E-state index contributed by atoms with van der Waals surface area (Å²) >= 11 is 2.53. The van der Waals surface area contributed by atoms with Gasteiger partial charge < -0.3 is 11.1 Å². The van der Waals surface area contributed by atoms with E-state index >= 15 is 0 Å². The highest BCUT2D eigenvalue weighted by molar-refractivity contribution is 7.91. The lowest BCUT2D eigenvalue weighted by atomic mass is 9.88. The Hall–Kier alpha value is -1.75. The second-order valence-corrected chi connectivity index (χ2v) is 11.8. The van der Waals surface area contributed by atoms with E-state index in [0.717, 1.165) is 41.0 Å². The molecule has 0 spiro atoms. The summed E-state index contributed by atoms with van der Waals surface area (Å²) in [7, 11) is -3.72. The Morgan fingerprint density at radius 1 is 1.31 bits per heavy atom. The monoisotopic (exact) mass is 453 g/mol. The van der Waals surface area contributed by atoms with E-state index in [4.69, 9.17) is 5.73 Å². The van der Waals surface area contributed by atoms with Crippen molar-refractivity contribution in [2.24, 2.45) is 11.7 Å². The first-order valence-corrected chi connectivity index (χ1v) is 12.7. The Morgan fingerprint density at radius 2 is 2.10 bits per heavy atom. The van der Waals surface area contributed by atoms with Gasteiger partial charge in [0.2, 0.25) is 5.91 Å². The Labute approximate surface area is 178 Å². The van der Waals surface area contributed by atoms with Crippen molar-refractivity contribution in [3.8, 4) is 0 Å². The first-order valence-electron chi connectivity index (χ1n) is 9.59. The minimum absolute atomic E-state index is 0.232. The number of hydrogen-bond donors (Lipinski definition) is 2. The molecule has 10 heteroatoms. The molecule has 0 unspecified atom stereocenters. The zero-order valence-electron chi connectivity index (χ0n) is 16.0. The number of carbonyl (C=O) groups is 2. The van der Waals surface area contributed by atoms with Crippen molar-refractivity contribution in [1.82, 2.24) is 4.31 Å². The second kappa shape index (κ2) is 7.82. The highest BCUT2D eigenvalue weighted by Gasteiger charge is 2.40. The highest BCUT2D eigenvalue weighted by atomic mass is 32.2. The van der Waals surface area contributed by atoms with Gasteiger partial charge in [0.05, 0.1) is 5.56 Å². The molecule has 0 aromatic carbocycles. The number of fused-ring (bicyclic) bond motifs is 1. The molecule has 2 aliphatic rings. The molecule has 1 aliphatic carbocycles. The first-order chi connectivity index (χ1) is 13.8. The number of nitrogens with two attached hydrogens (primary N) is 1. The Kier molecular flexibility index (Phi) is 5.54. The van der Waals surface area contributed by atoms with Gasteiger partial charge in [0.15, 0.2) is 0 Å². The first kappa shape index (κ1) is 20.5. The third-order valence-electron chi connectivity index (χ3n) is 5.56. The Bertz CT molecular complexity index is 1040. The van der Waals surface area contributed by atoms with E-state index in [1.54, 1.807) is 17.5 Å². The minimum Gasteiger partial charge on any atom is -0.365 e. The van der Waals surface area contributed by atoms with Gasteiger partial charge in [-0.15, -0.1) is 22.7 Å². The molecule has 3 heterocycles. The van der Waals surface area contributed by atoms with Crippen LogP contribution in [-0.4, -0.2) is 37.1 Å². The maximum Gasteiger partial charge on any atom is 0.253 e. The molecule has 2 atom stereocenters. The molecule has 2 aromatic rings. The van der Waals surface area contributed by atoms with Crippen LogP contribution in [0.3, 0.4) is 0 Å². The maximum absolute atomic E-state index is 13.0. The summed E-state index contributed by atoms with van der Waals surface area (Å²) < 4.78 is 27.3. The molecular weight excluding hydrogens is 430 g/mol. The van der Waals surface area contributed by atoms with E-state index < -0.39 is 27.9 Å². The second-order valence-electron chi connectivity index (χ2n) is 7.62. The fourth-order valence-corrected chi connectivity index (χ4v) is 8.31. The molecule has 4 rings (SSSR count). The number of rotatable bonds is 5. The standard InChI is InChI=1S/C19H23N3O4S3/c1-11-6-7-12-14(10-11)28-19(16(12)17(20)23)21-18(24)13-4-2-8-22(13)29(25,26)15-5-3-9-27-15/h3,5,9,11,13H,2,4,6-8,10H2,1H3,(H2,20,23)(H,21,24)/t11-,13+/m1/s1. The third-order valence-corrected chi connectivity index (χ3v) is 10.0. The van der Waals surface area contributed by atoms with Crippen molar-refractivity contribution in [3.63, 3.8) is 0 Å². The molecule has 7 nitrogen and oxygen atoms in total. The van der Waals surface area contributed by atoms with Crippen molar-refractivity contribution >= 4 is 49.5 Å². The van der Waals surface area contributed by atoms with Crippen molar-refractivity contribution in [2.45, 2.75) is 49.3 Å². The lowest BCUT2D eigenvalue weighted by Gasteiger charge is -2.22. The number of sulfonamides is 1. The van der Waals surface area contributed by atoms with E-state index in [-0.39, 0.29) is 4.21 Å². The smallest absolute Gasteiger partial charge is 0.253 e. The highest BCUT2D eigenvalue weighted by Crippen LogP contribution is 2.40. The molecule has 2 amide bonds. The number of primary amides is 1. The van der Waals surface area contributed by atoms with Crippen molar-refractivity contribution in [1.29, 1.82) is 0 Å². The van der Waals surface area contributed by atoms with Crippen LogP contribution in [0.5, 0.6) is 0 Å². The van der Waals surface area contributed by atoms with Crippen LogP contribution < -0.4 is 11.1 Å². The van der Waals surface area contributed by atoms with Crippen LogP contribution in [0.2, 0.25) is 0 Å². The normalized spacial score (nSPS) is 22.4. The predicted octanol–water partition coefficient (Wildman–Crippen LogP) is 2.83. The summed E-state index contributed by atoms with van der Waals surface area (Å²) in [6.07, 6.45) is 3.67. The molecule has 1 saturated heterocycles. The molecule has 29 heavy (non-hydrogen) atoms. The SMILES string of the molecule is C[C@@H]1CCc2c(sc(NC(=O)[C@@H]3CCCN3S(=O)(=O)c3cccs3)c2C(N)=O)C1. The van der Waals surface area contributed by atoms with E-state index in [9.17, 15) is 18.0 Å². The van der Waals surface area contributed by atoms with Gasteiger partial charge in [0.1, 0.15) is 15.3 Å². The number of hydrogen-bond acceptors (Lipinski definition) is 6. The Balaban J connectivity index is 1.60. The average molecular weight is 454 g/mol. The van der Waals surface area contributed by atoms with Gasteiger partial charge in [-0.3, -0.25) is 9.59 Å². The van der Waals surface area contributed by atoms with Crippen molar-refractivity contribution in [3.05, 3.63) is 33.5 Å². The van der Waals surface area contributed by atoms with Gasteiger partial charge in [0.25, 0.3) is 15.9 Å². The number of anilines is 1. The summed E-state index contributed by atoms with van der Waals surface area (Å²) in [4.78, 5) is 26.2. The van der Waals surface area contributed by atoms with Crippen LogP contribution in [0.15, 0.2) is 21.7 Å². The number of carbonyl (C=O) groups excluding carboxylic acids is 2. The molecule has 1 aliphatic heterocycles. The van der Waals surface area contributed by atoms with Crippen LogP contribution in [0.1, 0.15) is 47.0 Å². The van der Waals surface area contributed by atoms with Gasteiger partial charge in [0, 0.05) is 11.4 Å². The predicted molar refractivity (Wildman–Crippen MR) is 114 cm³/mol. The van der Waals surface area contributed by atoms with Crippen molar-refractivity contribution < 1.29 is 18.0 Å². The molecule has 2 aromatic heterocycles. The lowest BCUT2D eigenvalue weighted by Crippen LogP contribution is -2.43. The van der Waals surface area contributed by atoms with Gasteiger partial charge >= 0.3 is 0 Å². The van der Waals surface area contributed by atoms with E-state index in [0.29, 0.717) is 35.9 Å². The van der Waals surface area contributed by atoms with Crippen LogP contribution in [0.25, 0.3) is 0 Å². The third kappa shape index (κ3) is 3.74. The molecule has 156 valence electrons. The minimum atomic E-state index is -3.72. The van der Waals surface area contributed by atoms with Crippen LogP contribution in [0.4, 0.5) is 5.00 Å². The fourth-order valence-electron chi connectivity index (χ4n) is 4.11. The maximum atomic E-state index is 13.0. The van der Waals surface area contributed by atoms with Crippen LogP contribution in [0, 0.1) is 5.92 Å². The van der Waals surface area contributed by atoms with Crippen molar-refractivity contribution in [2.75, 3.05) is 11.9 Å². The largest absolute Gasteiger partial charge is 0.365 e. The quantitative estimate of drug-likeness (QED) is 0.725. The molecular formula is C19H23N3O4S3. The number of amides is 2. The number of nitrogens with one attached hydrogen (secondary N) is 1. The summed E-state index contributed by atoms with van der Waals surface area (Å²) in [6.45, 7) is 2.47. The van der Waals surface area contributed by atoms with Gasteiger partial charge in [-0.2, -0.15) is 4.31 Å². The Morgan fingerprint density at radius 3 is 2.79 bits per heavy atom.